The molecule has 3 aliphatic carbocycles. The van der Waals surface area contributed by atoms with Crippen molar-refractivity contribution >= 4 is 67.1 Å². The monoisotopic (exact) mass is 626 g/mol. The smallest absolute Gasteiger partial charge is 0.272 e. The molecule has 0 aromatic heterocycles. The minimum atomic E-state index is -4.61. The molecule has 2 heterocycles. The lowest BCUT2D eigenvalue weighted by Gasteiger charge is -2.44. The highest BCUT2D eigenvalue weighted by Crippen LogP contribution is 2.58. The second-order valence-corrected chi connectivity index (χ2v) is 13.5. The average molecular weight is 627 g/mol. The van der Waals surface area contributed by atoms with Crippen molar-refractivity contribution in [1.29, 1.82) is 0 Å². The van der Waals surface area contributed by atoms with E-state index in [1.54, 1.807) is 0 Å². The number of benzene rings is 2. The minimum absolute atomic E-state index is 0.154. The van der Waals surface area contributed by atoms with Crippen LogP contribution in [0.1, 0.15) is 0 Å². The fourth-order valence-electron chi connectivity index (χ4n) is 5.80. The predicted octanol–water partition coefficient (Wildman–Crippen LogP) is 1.95. The van der Waals surface area contributed by atoms with E-state index >= 15 is 0 Å². The topological polar surface area (TPSA) is 161 Å². The van der Waals surface area contributed by atoms with Crippen LogP contribution in [0.4, 0.5) is 0 Å². The number of halogens is 2. The Balaban J connectivity index is 1.27. The van der Waals surface area contributed by atoms with E-state index in [1.807, 2.05) is 0 Å². The van der Waals surface area contributed by atoms with Crippen LogP contribution in [0.3, 0.4) is 0 Å². The molecule has 40 heavy (non-hydrogen) atoms. The molecular weight excluding hydrogens is 611 g/mol. The van der Waals surface area contributed by atoms with E-state index in [0.717, 1.165) is 24.3 Å². The second-order valence-electron chi connectivity index (χ2n) is 9.55. The number of allylic oxidation sites excluding steroid dienone is 2. The zero-order valence-electron chi connectivity index (χ0n) is 19.8. The molecule has 0 radical (unpaired) electrons. The van der Waals surface area contributed by atoms with Crippen LogP contribution in [0.25, 0.3) is 0 Å². The third-order valence-electron chi connectivity index (χ3n) is 7.48. The molecule has 2 saturated heterocycles. The van der Waals surface area contributed by atoms with Crippen molar-refractivity contribution < 1.29 is 44.6 Å². The highest BCUT2D eigenvalue weighted by Gasteiger charge is 2.70. The van der Waals surface area contributed by atoms with Gasteiger partial charge in [0.15, 0.2) is 0 Å². The van der Waals surface area contributed by atoms with Crippen LogP contribution in [-0.2, 0) is 48.0 Å². The summed E-state index contributed by atoms with van der Waals surface area (Å²) >= 11 is 11.6. The average Bonchev–Trinajstić information content (AvgIpc) is 3.32. The number of carbonyl (C=O) groups is 4. The Morgan fingerprint density at radius 1 is 0.525 bits per heavy atom. The second kappa shape index (κ2) is 9.19. The number of hydroxylamine groups is 4. The van der Waals surface area contributed by atoms with Gasteiger partial charge in [-0.1, -0.05) is 35.4 Å². The highest BCUT2D eigenvalue weighted by atomic mass is 35.5. The van der Waals surface area contributed by atoms with E-state index in [2.05, 4.69) is 0 Å². The Morgan fingerprint density at radius 3 is 1.07 bits per heavy atom. The van der Waals surface area contributed by atoms with Crippen LogP contribution in [0.15, 0.2) is 70.5 Å². The molecule has 2 aliphatic heterocycles. The standard InChI is InChI=1S/C24H16Cl2N2O10S2/c25-11-1-5-13(6-2-11)39(33,34)37-27-21(29)17-15-9-10-16(18(17)22(27)30)20-19(15)23(31)28(24(20)32)38-40(35,36)14-7-3-12(26)4-8-14/h1-10,15-20H. The van der Waals surface area contributed by atoms with Gasteiger partial charge in [0.1, 0.15) is 0 Å². The number of carbonyl (C=O) groups excluding carboxylic acids is 4. The molecule has 1 saturated carbocycles. The summed E-state index contributed by atoms with van der Waals surface area (Å²) in [6.45, 7) is 0. The number of hydrogen-bond acceptors (Lipinski definition) is 10. The van der Waals surface area contributed by atoms with E-state index in [-0.39, 0.29) is 30.0 Å². The van der Waals surface area contributed by atoms with Gasteiger partial charge < -0.3 is 0 Å². The van der Waals surface area contributed by atoms with Crippen molar-refractivity contribution in [3.63, 3.8) is 0 Å². The van der Waals surface area contributed by atoms with Crippen molar-refractivity contribution in [2.24, 2.45) is 35.5 Å². The van der Waals surface area contributed by atoms with Crippen LogP contribution < -0.4 is 0 Å². The van der Waals surface area contributed by atoms with Crippen LogP contribution >= 0.6 is 23.2 Å². The van der Waals surface area contributed by atoms with E-state index in [9.17, 15) is 36.0 Å². The highest BCUT2D eigenvalue weighted by molar-refractivity contribution is 7.87. The van der Waals surface area contributed by atoms with Crippen molar-refractivity contribution in [2.45, 2.75) is 9.79 Å². The number of hydrogen-bond donors (Lipinski definition) is 0. The third-order valence-corrected chi connectivity index (χ3v) is 10.4. The molecule has 0 spiro atoms. The SMILES string of the molecule is O=C1C2C3C=CC(C2C(=O)N1OS(=O)(=O)c1ccc(Cl)cc1)C1C(=O)N(OS(=O)(=O)c2ccc(Cl)cc2)C(=O)C31. The molecule has 4 unspecified atom stereocenters. The molecule has 0 N–H and O–H groups in total. The Kier molecular flexibility index (Phi) is 6.22. The Hall–Kier alpha value is -3.14. The van der Waals surface area contributed by atoms with Gasteiger partial charge >= 0.3 is 20.2 Å². The molecule has 5 aliphatic rings. The fourth-order valence-corrected chi connectivity index (χ4v) is 7.85. The summed E-state index contributed by atoms with van der Waals surface area (Å²) in [7, 11) is -9.23. The molecule has 208 valence electrons. The first-order valence-electron chi connectivity index (χ1n) is 11.7. The van der Waals surface area contributed by atoms with Crippen LogP contribution in [0, 0.1) is 35.5 Å². The number of amides is 4. The van der Waals surface area contributed by atoms with Gasteiger partial charge in [0.25, 0.3) is 23.6 Å². The molecule has 4 atom stereocenters. The van der Waals surface area contributed by atoms with E-state index in [0.29, 0.717) is 0 Å². The van der Waals surface area contributed by atoms with Gasteiger partial charge in [0.05, 0.1) is 33.5 Å². The maximum absolute atomic E-state index is 13.3. The lowest BCUT2D eigenvalue weighted by molar-refractivity contribution is -0.166. The van der Waals surface area contributed by atoms with Gasteiger partial charge in [0.2, 0.25) is 0 Å². The number of imide groups is 2. The molecule has 7 rings (SSSR count). The summed E-state index contributed by atoms with van der Waals surface area (Å²) in [5.74, 6) is -10.9. The number of rotatable bonds is 6. The van der Waals surface area contributed by atoms with E-state index in [4.69, 9.17) is 31.8 Å². The van der Waals surface area contributed by atoms with E-state index < -0.39 is 79.4 Å². The molecule has 2 aromatic rings. The first-order chi connectivity index (χ1) is 18.8. The molecule has 16 heteroatoms. The Morgan fingerprint density at radius 2 is 0.800 bits per heavy atom. The lowest BCUT2D eigenvalue weighted by atomic mass is 9.54. The quantitative estimate of drug-likeness (QED) is 0.342. The molecular formula is C24H16Cl2N2O10S2. The largest absolute Gasteiger partial charge is 0.318 e. The predicted molar refractivity (Wildman–Crippen MR) is 133 cm³/mol. The van der Waals surface area contributed by atoms with Crippen LogP contribution in [0.2, 0.25) is 10.0 Å². The zero-order chi connectivity index (χ0) is 28.7. The first-order valence-corrected chi connectivity index (χ1v) is 15.2. The normalized spacial score (nSPS) is 29.4. The van der Waals surface area contributed by atoms with Crippen molar-refractivity contribution in [3.05, 3.63) is 70.7 Å². The van der Waals surface area contributed by atoms with Gasteiger partial charge in [-0.05, 0) is 48.5 Å². The van der Waals surface area contributed by atoms with Gasteiger partial charge in [0, 0.05) is 21.9 Å². The summed E-state index contributed by atoms with van der Waals surface area (Å²) in [6.07, 6.45) is 3.00. The van der Waals surface area contributed by atoms with Crippen molar-refractivity contribution in [3.8, 4) is 0 Å². The first kappa shape index (κ1) is 27.1. The van der Waals surface area contributed by atoms with Crippen molar-refractivity contribution in [1.82, 2.24) is 10.1 Å². The third kappa shape index (κ3) is 4.01. The van der Waals surface area contributed by atoms with Gasteiger partial charge in [-0.2, -0.15) is 16.8 Å². The molecule has 3 fully saturated rings. The summed E-state index contributed by atoms with van der Waals surface area (Å²) in [4.78, 5) is 52.6. The maximum atomic E-state index is 13.3. The van der Waals surface area contributed by atoms with Crippen LogP contribution in [-0.4, -0.2) is 50.6 Å². The molecule has 4 amide bonds. The van der Waals surface area contributed by atoms with Crippen molar-refractivity contribution in [2.75, 3.05) is 0 Å². The summed E-state index contributed by atoms with van der Waals surface area (Å²) < 4.78 is 60.9. The van der Waals surface area contributed by atoms with Gasteiger partial charge in [-0.25, -0.2) is 0 Å². The molecule has 2 bridgehead atoms. The fraction of sp³-hybridized carbons (Fsp3) is 0.250. The summed E-state index contributed by atoms with van der Waals surface area (Å²) in [6, 6.07) is 9.68. The van der Waals surface area contributed by atoms with Crippen LogP contribution in [0.5, 0.6) is 0 Å². The zero-order valence-corrected chi connectivity index (χ0v) is 22.9. The molecule has 2 aromatic carbocycles. The maximum Gasteiger partial charge on any atom is 0.318 e. The van der Waals surface area contributed by atoms with Gasteiger partial charge in [-0.15, -0.1) is 18.7 Å². The summed E-state index contributed by atoms with van der Waals surface area (Å²) in [5, 5.41) is 0.810. The van der Waals surface area contributed by atoms with Gasteiger partial charge in [-0.3, -0.25) is 19.2 Å². The summed E-state index contributed by atoms with van der Waals surface area (Å²) in [5.41, 5.74) is 0. The molecule has 12 nitrogen and oxygen atoms in total. The Bertz CT molecular complexity index is 1550. The number of nitrogens with zero attached hydrogens (tertiary/aromatic N) is 2. The minimum Gasteiger partial charge on any atom is -0.272 e. The van der Waals surface area contributed by atoms with E-state index in [1.165, 1.54) is 36.4 Å². The lowest BCUT2D eigenvalue weighted by Crippen LogP contribution is -2.50. The Labute approximate surface area is 237 Å².